The molecule has 0 aliphatic heterocycles. The van der Waals surface area contributed by atoms with Gasteiger partial charge in [0.15, 0.2) is 0 Å². The van der Waals surface area contributed by atoms with Crippen molar-refractivity contribution in [3.63, 3.8) is 0 Å². The summed E-state index contributed by atoms with van der Waals surface area (Å²) in [6.45, 7) is 2.06. The summed E-state index contributed by atoms with van der Waals surface area (Å²) in [5, 5.41) is 11.1. The summed E-state index contributed by atoms with van der Waals surface area (Å²) >= 11 is 0. The van der Waals surface area contributed by atoms with Crippen molar-refractivity contribution in [1.29, 1.82) is 0 Å². The number of hydrogen-bond acceptors (Lipinski definition) is 2. The monoisotopic (exact) mass is 348 g/mol. The molecule has 0 amide bonds. The highest BCUT2D eigenvalue weighted by Crippen LogP contribution is 2.22. The van der Waals surface area contributed by atoms with Gasteiger partial charge in [0.05, 0.1) is 11.4 Å². The predicted octanol–water partition coefficient (Wildman–Crippen LogP) is 7.73. The van der Waals surface area contributed by atoms with E-state index in [-0.39, 0.29) is 0 Å². The van der Waals surface area contributed by atoms with Crippen LogP contribution >= 0.6 is 0 Å². The normalized spacial score (nSPS) is 11.6. The van der Waals surface area contributed by atoms with Gasteiger partial charge in [0.25, 0.3) is 0 Å². The average Bonchev–Trinajstić information content (AvgIpc) is 2.72. The second-order valence-electron chi connectivity index (χ2n) is 6.53. The van der Waals surface area contributed by atoms with Crippen LogP contribution in [-0.4, -0.2) is 0 Å². The first kappa shape index (κ1) is 16.9. The van der Waals surface area contributed by atoms with Crippen molar-refractivity contribution < 1.29 is 0 Å². The fourth-order valence-corrected chi connectivity index (χ4v) is 2.96. The van der Waals surface area contributed by atoms with Crippen molar-refractivity contribution in [3.05, 3.63) is 108 Å². The van der Waals surface area contributed by atoms with Crippen molar-refractivity contribution in [3.8, 4) is 0 Å². The van der Waals surface area contributed by atoms with Gasteiger partial charge in [0, 0.05) is 0 Å². The molecule has 0 aromatic heterocycles. The van der Waals surface area contributed by atoms with Crippen molar-refractivity contribution in [2.75, 3.05) is 0 Å². The summed E-state index contributed by atoms with van der Waals surface area (Å²) in [4.78, 5) is 0. The van der Waals surface area contributed by atoms with Gasteiger partial charge in [-0.2, -0.15) is 10.2 Å². The smallest absolute Gasteiger partial charge is 0.0857 e. The summed E-state index contributed by atoms with van der Waals surface area (Å²) < 4.78 is 0. The molecule has 0 unspecified atom stereocenters. The van der Waals surface area contributed by atoms with Crippen LogP contribution in [0.1, 0.15) is 16.7 Å². The summed E-state index contributed by atoms with van der Waals surface area (Å²) in [5.41, 5.74) is 5.28. The topological polar surface area (TPSA) is 24.7 Å². The number of rotatable bonds is 4. The van der Waals surface area contributed by atoms with Crippen molar-refractivity contribution in [2.45, 2.75) is 6.92 Å². The maximum atomic E-state index is 4.31. The fourth-order valence-electron chi connectivity index (χ4n) is 2.96. The van der Waals surface area contributed by atoms with E-state index in [0.29, 0.717) is 0 Å². The minimum absolute atomic E-state index is 0.845. The van der Waals surface area contributed by atoms with E-state index in [0.717, 1.165) is 16.9 Å². The molecular weight excluding hydrogens is 328 g/mol. The lowest BCUT2D eigenvalue weighted by Gasteiger charge is -2.02. The Hall–Kier alpha value is -3.52. The van der Waals surface area contributed by atoms with E-state index in [9.17, 15) is 0 Å². The highest BCUT2D eigenvalue weighted by molar-refractivity contribution is 5.92. The van der Waals surface area contributed by atoms with E-state index in [1.807, 2.05) is 36.4 Å². The molecule has 0 atom stereocenters. The van der Waals surface area contributed by atoms with Crippen molar-refractivity contribution in [1.82, 2.24) is 0 Å². The number of benzene rings is 4. The highest BCUT2D eigenvalue weighted by atomic mass is 15.1. The molecule has 0 N–H and O–H groups in total. The Balaban J connectivity index is 1.50. The molecule has 0 heterocycles. The van der Waals surface area contributed by atoms with Crippen LogP contribution in [-0.2, 0) is 0 Å². The Labute approximate surface area is 159 Å². The molecule has 0 aliphatic carbocycles. The molecule has 130 valence electrons. The van der Waals surface area contributed by atoms with E-state index in [2.05, 4.69) is 83.9 Å². The lowest BCUT2D eigenvalue weighted by atomic mass is 10.0. The van der Waals surface area contributed by atoms with Gasteiger partial charge >= 0.3 is 0 Å². The van der Waals surface area contributed by atoms with Crippen molar-refractivity contribution in [2.24, 2.45) is 10.2 Å². The molecule has 4 rings (SSSR count). The molecule has 0 bridgehead atoms. The van der Waals surface area contributed by atoms with Crippen LogP contribution in [0.15, 0.2) is 101 Å². The molecule has 0 saturated heterocycles. The Morgan fingerprint density at radius 3 is 1.96 bits per heavy atom. The third-order valence-electron chi connectivity index (χ3n) is 4.49. The quantitative estimate of drug-likeness (QED) is 0.266. The second kappa shape index (κ2) is 7.79. The minimum atomic E-state index is 0.845. The number of azo groups is 1. The van der Waals surface area contributed by atoms with E-state index < -0.39 is 0 Å². The molecule has 0 saturated carbocycles. The molecule has 0 radical (unpaired) electrons. The molecule has 0 aliphatic rings. The minimum Gasteiger partial charge on any atom is -0.151 e. The molecule has 2 nitrogen and oxygen atoms in total. The molecule has 0 fully saturated rings. The number of fused-ring (bicyclic) bond motifs is 1. The Bertz CT molecular complexity index is 1100. The zero-order valence-electron chi connectivity index (χ0n) is 15.2. The summed E-state index contributed by atoms with van der Waals surface area (Å²) in [7, 11) is 0. The Morgan fingerprint density at radius 2 is 1.22 bits per heavy atom. The van der Waals surface area contributed by atoms with Crippen molar-refractivity contribution >= 4 is 34.3 Å². The first-order valence-corrected chi connectivity index (χ1v) is 9.02. The second-order valence-corrected chi connectivity index (χ2v) is 6.53. The van der Waals surface area contributed by atoms with Crippen LogP contribution in [0.3, 0.4) is 0 Å². The molecular formula is C25H20N2. The Kier molecular flexibility index (Phi) is 4.88. The van der Waals surface area contributed by atoms with E-state index >= 15 is 0 Å². The number of hydrogen-bond donors (Lipinski definition) is 0. The van der Waals surface area contributed by atoms with Gasteiger partial charge in [-0.05, 0) is 53.1 Å². The molecule has 0 spiro atoms. The zero-order chi connectivity index (χ0) is 18.5. The van der Waals surface area contributed by atoms with Gasteiger partial charge < -0.3 is 0 Å². The summed E-state index contributed by atoms with van der Waals surface area (Å²) in [6.07, 6.45) is 4.29. The van der Waals surface area contributed by atoms with Crippen LogP contribution in [0, 0.1) is 6.92 Å². The first-order chi connectivity index (χ1) is 13.3. The lowest BCUT2D eigenvalue weighted by Crippen LogP contribution is -1.77. The van der Waals surface area contributed by atoms with Gasteiger partial charge in [0.1, 0.15) is 0 Å². The predicted molar refractivity (Wildman–Crippen MR) is 115 cm³/mol. The van der Waals surface area contributed by atoms with Gasteiger partial charge in [-0.1, -0.05) is 84.4 Å². The average molecular weight is 348 g/mol. The maximum absolute atomic E-state index is 4.31. The standard InChI is InChI=1S/C25H20N2/c1-19-9-15-23(16-10-19)26-27-24-17-12-20(13-18-24)11-14-22-7-4-6-21-5-2-3-8-25(21)22/h2-18H,1H3/b14-11+,27-26?. The number of nitrogens with zero attached hydrogens (tertiary/aromatic N) is 2. The third-order valence-corrected chi connectivity index (χ3v) is 4.49. The Morgan fingerprint density at radius 1 is 0.593 bits per heavy atom. The van der Waals surface area contributed by atoms with Crippen LogP contribution in [0.4, 0.5) is 11.4 Å². The SMILES string of the molecule is Cc1ccc(N=Nc2ccc(/C=C/c3cccc4ccccc34)cc2)cc1. The first-order valence-electron chi connectivity index (χ1n) is 9.02. The van der Waals surface area contributed by atoms with Crippen LogP contribution < -0.4 is 0 Å². The molecule has 4 aromatic rings. The van der Waals surface area contributed by atoms with E-state index in [4.69, 9.17) is 0 Å². The van der Waals surface area contributed by atoms with Gasteiger partial charge in [-0.3, -0.25) is 0 Å². The van der Waals surface area contributed by atoms with Gasteiger partial charge in [0.2, 0.25) is 0 Å². The largest absolute Gasteiger partial charge is 0.151 e. The third kappa shape index (κ3) is 4.18. The summed E-state index contributed by atoms with van der Waals surface area (Å²) in [5.74, 6) is 0. The lowest BCUT2D eigenvalue weighted by molar-refractivity contribution is 1.23. The molecule has 27 heavy (non-hydrogen) atoms. The number of aryl methyl sites for hydroxylation is 1. The van der Waals surface area contributed by atoms with E-state index in [1.165, 1.54) is 21.9 Å². The molecule has 2 heteroatoms. The van der Waals surface area contributed by atoms with E-state index in [1.54, 1.807) is 0 Å². The zero-order valence-corrected chi connectivity index (χ0v) is 15.2. The highest BCUT2D eigenvalue weighted by Gasteiger charge is 1.97. The summed E-state index contributed by atoms with van der Waals surface area (Å²) in [6, 6.07) is 30.9. The maximum Gasteiger partial charge on any atom is 0.0857 e. The van der Waals surface area contributed by atoms with Crippen LogP contribution in [0.2, 0.25) is 0 Å². The van der Waals surface area contributed by atoms with Crippen LogP contribution in [0.5, 0.6) is 0 Å². The fraction of sp³-hybridized carbons (Fsp3) is 0.0400. The van der Waals surface area contributed by atoms with Crippen LogP contribution in [0.25, 0.3) is 22.9 Å². The van der Waals surface area contributed by atoms with Gasteiger partial charge in [-0.25, -0.2) is 0 Å². The van der Waals surface area contributed by atoms with Gasteiger partial charge in [-0.15, -0.1) is 0 Å². The molecule has 4 aromatic carbocycles.